The van der Waals surface area contributed by atoms with Gasteiger partial charge in [-0.05, 0) is 121 Å². The van der Waals surface area contributed by atoms with E-state index in [0.717, 1.165) is 89.4 Å². The van der Waals surface area contributed by atoms with Crippen LogP contribution < -0.4 is 9.64 Å². The monoisotopic (exact) mass is 825 g/mol. The second-order valence-electron chi connectivity index (χ2n) is 16.4. The van der Waals surface area contributed by atoms with Gasteiger partial charge in [-0.1, -0.05) is 184 Å². The molecule has 0 N–H and O–H groups in total. The van der Waals surface area contributed by atoms with Crippen LogP contribution in [0.5, 0.6) is 5.75 Å². The van der Waals surface area contributed by atoms with Crippen LogP contribution in [0.15, 0.2) is 218 Å². The lowest BCUT2D eigenvalue weighted by molar-refractivity contribution is -0.274. The van der Waals surface area contributed by atoms with E-state index in [1.165, 1.54) is 6.07 Å². The minimum absolute atomic E-state index is 0.195. The number of benzene rings is 9. The van der Waals surface area contributed by atoms with Crippen LogP contribution in [-0.4, -0.2) is 6.36 Å². The van der Waals surface area contributed by atoms with Gasteiger partial charge >= 0.3 is 6.36 Å². The third-order valence-electron chi connectivity index (χ3n) is 12.2. The molecule has 0 saturated carbocycles. The standard InChI is InChI=1S/C58H42F3NO/c1-57(2)53-38-47(28-35-52(53)55-54(63-58(59,60)61)37-36-51(56(55)57)46-20-18-42(19-21-46)39-12-6-3-7-13-39)45-26-33-50(34-27-45)62(48-29-22-43(23-30-48)40-14-8-4-9-15-40)49-31-24-44(25-32-49)41-16-10-5-11-17-41/h3-38H,1-2H3. The number of anilines is 3. The number of hydrogen-bond acceptors (Lipinski definition) is 2. The van der Waals surface area contributed by atoms with Crippen LogP contribution in [0, 0.1) is 0 Å². The van der Waals surface area contributed by atoms with Crippen molar-refractivity contribution in [1.82, 2.24) is 0 Å². The molecule has 2 nitrogen and oxygen atoms in total. The van der Waals surface area contributed by atoms with E-state index in [1.54, 1.807) is 6.07 Å². The van der Waals surface area contributed by atoms with Crippen molar-refractivity contribution in [2.45, 2.75) is 25.6 Å². The van der Waals surface area contributed by atoms with Crippen molar-refractivity contribution in [3.8, 4) is 72.5 Å². The second-order valence-corrected chi connectivity index (χ2v) is 16.4. The molecule has 0 aliphatic heterocycles. The van der Waals surface area contributed by atoms with Crippen molar-refractivity contribution in [2.24, 2.45) is 0 Å². The molecule has 1 aliphatic rings. The Bertz CT molecular complexity index is 2950. The maximum atomic E-state index is 13.9. The summed E-state index contributed by atoms with van der Waals surface area (Å²) in [6.07, 6.45) is -4.84. The Morgan fingerprint density at radius 3 is 1.16 bits per heavy atom. The molecule has 63 heavy (non-hydrogen) atoms. The van der Waals surface area contributed by atoms with Gasteiger partial charge in [-0.15, -0.1) is 13.2 Å². The third kappa shape index (κ3) is 7.68. The largest absolute Gasteiger partial charge is 0.573 e. The summed E-state index contributed by atoms with van der Waals surface area (Å²) in [5, 5.41) is 0. The van der Waals surface area contributed by atoms with Gasteiger partial charge in [0.1, 0.15) is 5.75 Å². The Balaban J connectivity index is 1.01. The summed E-state index contributed by atoms with van der Waals surface area (Å²) < 4.78 is 46.6. The summed E-state index contributed by atoms with van der Waals surface area (Å²) in [4.78, 5) is 2.26. The molecule has 5 heteroatoms. The van der Waals surface area contributed by atoms with Gasteiger partial charge < -0.3 is 9.64 Å². The van der Waals surface area contributed by atoms with Crippen molar-refractivity contribution in [3.05, 3.63) is 230 Å². The van der Waals surface area contributed by atoms with E-state index in [9.17, 15) is 13.2 Å². The zero-order chi connectivity index (χ0) is 43.1. The molecular formula is C58H42F3NO. The summed E-state index contributed by atoms with van der Waals surface area (Å²) in [7, 11) is 0. The number of alkyl halides is 3. The van der Waals surface area contributed by atoms with Gasteiger partial charge in [0.05, 0.1) is 0 Å². The first-order valence-corrected chi connectivity index (χ1v) is 21.1. The van der Waals surface area contributed by atoms with Crippen LogP contribution in [-0.2, 0) is 5.41 Å². The number of fused-ring (bicyclic) bond motifs is 3. The van der Waals surface area contributed by atoms with E-state index in [2.05, 4.69) is 170 Å². The Kier molecular flexibility index (Phi) is 10.0. The van der Waals surface area contributed by atoms with Crippen molar-refractivity contribution in [1.29, 1.82) is 0 Å². The minimum Gasteiger partial charge on any atom is -0.405 e. The van der Waals surface area contributed by atoms with Gasteiger partial charge in [0.25, 0.3) is 0 Å². The van der Waals surface area contributed by atoms with E-state index >= 15 is 0 Å². The lowest BCUT2D eigenvalue weighted by Crippen LogP contribution is -2.19. The molecule has 306 valence electrons. The molecule has 0 atom stereocenters. The smallest absolute Gasteiger partial charge is 0.405 e. The quantitative estimate of drug-likeness (QED) is 0.144. The van der Waals surface area contributed by atoms with E-state index in [0.29, 0.717) is 5.56 Å². The first-order valence-electron chi connectivity index (χ1n) is 21.1. The van der Waals surface area contributed by atoms with E-state index < -0.39 is 11.8 Å². The maximum absolute atomic E-state index is 13.9. The van der Waals surface area contributed by atoms with Crippen LogP contribution in [0.3, 0.4) is 0 Å². The van der Waals surface area contributed by atoms with Crippen molar-refractivity contribution in [3.63, 3.8) is 0 Å². The predicted octanol–water partition coefficient (Wildman–Crippen LogP) is 16.7. The zero-order valence-electron chi connectivity index (χ0n) is 34.8. The topological polar surface area (TPSA) is 12.5 Å². The SMILES string of the molecule is CC1(C)c2cc(-c3ccc(N(c4ccc(-c5ccccc5)cc4)c4ccc(-c5ccccc5)cc4)cc3)ccc2-c2c(OC(F)(F)F)ccc(-c3ccc(-c4ccccc4)cc3)c21. The first-order chi connectivity index (χ1) is 30.6. The molecule has 0 radical (unpaired) electrons. The highest BCUT2D eigenvalue weighted by Crippen LogP contribution is 2.57. The predicted molar refractivity (Wildman–Crippen MR) is 253 cm³/mol. The number of ether oxygens (including phenoxy) is 1. The van der Waals surface area contributed by atoms with Gasteiger partial charge in [0.15, 0.2) is 0 Å². The van der Waals surface area contributed by atoms with Crippen LogP contribution in [0.4, 0.5) is 30.2 Å². The Morgan fingerprint density at radius 2 is 0.730 bits per heavy atom. The summed E-state index contributed by atoms with van der Waals surface area (Å²) in [6, 6.07) is 74.1. The lowest BCUT2D eigenvalue weighted by atomic mass is 9.78. The first kappa shape index (κ1) is 39.5. The molecule has 0 saturated heterocycles. The maximum Gasteiger partial charge on any atom is 0.573 e. The molecule has 0 spiro atoms. The number of hydrogen-bond donors (Lipinski definition) is 0. The van der Waals surface area contributed by atoms with Crippen molar-refractivity contribution >= 4 is 17.1 Å². The second kappa shape index (κ2) is 16.0. The van der Waals surface area contributed by atoms with Gasteiger partial charge in [-0.2, -0.15) is 0 Å². The fourth-order valence-corrected chi connectivity index (χ4v) is 9.13. The Labute approximate surface area is 366 Å². The highest BCUT2D eigenvalue weighted by Gasteiger charge is 2.42. The van der Waals surface area contributed by atoms with Crippen LogP contribution in [0.25, 0.3) is 66.8 Å². The molecule has 0 amide bonds. The van der Waals surface area contributed by atoms with Crippen LogP contribution in [0.1, 0.15) is 25.0 Å². The van der Waals surface area contributed by atoms with Crippen LogP contribution in [0.2, 0.25) is 0 Å². The lowest BCUT2D eigenvalue weighted by Gasteiger charge is -2.26. The Hall–Kier alpha value is -7.63. The molecular weight excluding hydrogens is 784 g/mol. The van der Waals surface area contributed by atoms with Crippen molar-refractivity contribution < 1.29 is 17.9 Å². The van der Waals surface area contributed by atoms with E-state index in [-0.39, 0.29) is 5.75 Å². The van der Waals surface area contributed by atoms with Gasteiger partial charge in [0.2, 0.25) is 0 Å². The fourth-order valence-electron chi connectivity index (χ4n) is 9.13. The van der Waals surface area contributed by atoms with Crippen molar-refractivity contribution in [2.75, 3.05) is 4.90 Å². The normalized spacial score (nSPS) is 12.7. The zero-order valence-corrected chi connectivity index (χ0v) is 34.8. The third-order valence-corrected chi connectivity index (χ3v) is 12.2. The molecule has 10 rings (SSSR count). The molecule has 0 bridgehead atoms. The van der Waals surface area contributed by atoms with E-state index in [1.807, 2.05) is 54.6 Å². The highest BCUT2D eigenvalue weighted by molar-refractivity contribution is 5.93. The molecule has 0 aromatic heterocycles. The summed E-state index contributed by atoms with van der Waals surface area (Å²) in [6.45, 7) is 4.18. The fraction of sp³-hybridized carbons (Fsp3) is 0.0690. The number of halogens is 3. The van der Waals surface area contributed by atoms with Crippen LogP contribution >= 0.6 is 0 Å². The minimum atomic E-state index is -4.84. The number of rotatable bonds is 9. The average Bonchev–Trinajstić information content (AvgIpc) is 3.56. The summed E-state index contributed by atoms with van der Waals surface area (Å²) in [5.74, 6) is -0.195. The molecule has 9 aromatic rings. The molecule has 0 heterocycles. The van der Waals surface area contributed by atoms with E-state index in [4.69, 9.17) is 4.74 Å². The summed E-state index contributed by atoms with van der Waals surface area (Å²) in [5.41, 5.74) is 15.9. The molecule has 1 aliphatic carbocycles. The van der Waals surface area contributed by atoms with Gasteiger partial charge in [-0.3, -0.25) is 0 Å². The van der Waals surface area contributed by atoms with Gasteiger partial charge in [0, 0.05) is 28.0 Å². The molecule has 0 fully saturated rings. The molecule has 9 aromatic carbocycles. The Morgan fingerprint density at radius 1 is 0.381 bits per heavy atom. The molecule has 0 unspecified atom stereocenters. The highest BCUT2D eigenvalue weighted by atomic mass is 19.4. The van der Waals surface area contributed by atoms with Gasteiger partial charge in [-0.25, -0.2) is 0 Å². The summed E-state index contributed by atoms with van der Waals surface area (Å²) >= 11 is 0. The number of nitrogens with zero attached hydrogens (tertiary/aromatic N) is 1. The average molecular weight is 826 g/mol.